The van der Waals surface area contributed by atoms with Crippen LogP contribution in [-0.4, -0.2) is 126 Å². The first-order chi connectivity index (χ1) is 46.3. The maximum Gasteiger partial charge on any atom is 0.540 e. The lowest BCUT2D eigenvalue weighted by Gasteiger charge is -2.10. The van der Waals surface area contributed by atoms with E-state index in [0.717, 1.165) is 66.7 Å². The van der Waals surface area contributed by atoms with Crippen molar-refractivity contribution in [2.75, 3.05) is 35.5 Å². The van der Waals surface area contributed by atoms with E-state index < -0.39 is 21.5 Å². The Morgan fingerprint density at radius 3 is 1.37 bits per heavy atom. The summed E-state index contributed by atoms with van der Waals surface area (Å²) >= 11 is 8.86. The first-order valence-corrected chi connectivity index (χ1v) is 32.5. The third-order valence-corrected chi connectivity index (χ3v) is 13.7. The topological polar surface area (TPSA) is 311 Å². The molecular formula is C64H58Cl3N17O8S3. The van der Waals surface area contributed by atoms with Crippen molar-refractivity contribution < 1.29 is 37.8 Å². The van der Waals surface area contributed by atoms with Gasteiger partial charge < -0.3 is 38.3 Å². The normalized spacial score (nSPS) is 9.96. The molecule has 12 rings (SSSR count). The van der Waals surface area contributed by atoms with Crippen LogP contribution in [0.3, 0.4) is 0 Å². The SMILES string of the molecule is COC(=O)c1ncc(-c2ccccc2)nc1OC.COc1nc(-c2ccccc2)cnc1CCl.COc1nc(-c2ccccc2)cnc1CO.COc1nc(-c2ccccc2)cnc1Cn1ccnc1-c1nccs1.O=S(Cl)Cl.[C-]#[N+]C(N)[N+]#[C-].c1c[nH]c(-c2nccs2)n1. The van der Waals surface area contributed by atoms with E-state index in [9.17, 15) is 4.79 Å². The Bertz CT molecular complexity index is 4180. The molecule has 25 nitrogen and oxygen atoms in total. The van der Waals surface area contributed by atoms with Crippen molar-refractivity contribution in [3.05, 3.63) is 240 Å². The molecule has 0 saturated carbocycles. The Hall–Kier alpha value is -10.5. The van der Waals surface area contributed by atoms with Gasteiger partial charge in [-0.25, -0.2) is 76.7 Å². The van der Waals surface area contributed by atoms with Gasteiger partial charge in [0.05, 0.1) is 102 Å². The fourth-order valence-corrected chi connectivity index (χ4v) is 9.04. The second-order valence-corrected chi connectivity index (χ2v) is 22.4. The van der Waals surface area contributed by atoms with Gasteiger partial charge in [0.2, 0.25) is 38.4 Å². The van der Waals surface area contributed by atoms with Crippen molar-refractivity contribution in [3.8, 4) is 90.2 Å². The molecule has 0 aliphatic carbocycles. The fourth-order valence-electron chi connectivity index (χ4n) is 7.61. The summed E-state index contributed by atoms with van der Waals surface area (Å²) in [6.45, 7) is 12.5. The molecule has 0 unspecified atom stereocenters. The highest BCUT2D eigenvalue weighted by Gasteiger charge is 2.18. The number of benzene rings is 4. The molecule has 8 aromatic heterocycles. The molecule has 0 aliphatic rings. The number of methoxy groups -OCH3 is 5. The third kappa shape index (κ3) is 23.2. The van der Waals surface area contributed by atoms with Gasteiger partial charge >= 0.3 is 12.3 Å². The predicted molar refractivity (Wildman–Crippen MR) is 366 cm³/mol. The van der Waals surface area contributed by atoms with Gasteiger partial charge in [-0.1, -0.05) is 121 Å². The molecule has 0 amide bonds. The molecule has 0 radical (unpaired) electrons. The number of carbonyl (C=O) groups is 1. The number of H-pyrrole nitrogens is 1. The van der Waals surface area contributed by atoms with Gasteiger partial charge in [-0.05, 0) is 0 Å². The van der Waals surface area contributed by atoms with Crippen LogP contribution in [0.15, 0.2) is 194 Å². The summed E-state index contributed by atoms with van der Waals surface area (Å²) in [4.78, 5) is 71.1. The van der Waals surface area contributed by atoms with Gasteiger partial charge in [-0.3, -0.25) is 15.0 Å². The van der Waals surface area contributed by atoms with Gasteiger partial charge in [0.1, 0.15) is 17.1 Å². The van der Waals surface area contributed by atoms with E-state index in [0.29, 0.717) is 47.1 Å². The third-order valence-electron chi connectivity index (χ3n) is 11.9. The summed E-state index contributed by atoms with van der Waals surface area (Å²) in [6, 6.07) is 39.0. The van der Waals surface area contributed by atoms with Gasteiger partial charge in [0.15, 0.2) is 21.7 Å². The zero-order valence-electron chi connectivity index (χ0n) is 51.1. The van der Waals surface area contributed by atoms with Crippen molar-refractivity contribution in [2.24, 2.45) is 5.73 Å². The average Bonchev–Trinajstić information content (AvgIpc) is 3.73. The Labute approximate surface area is 570 Å². The Kier molecular flexibility index (Phi) is 31.3. The van der Waals surface area contributed by atoms with Crippen LogP contribution >= 0.6 is 55.6 Å². The van der Waals surface area contributed by atoms with Crippen LogP contribution in [-0.2, 0) is 33.0 Å². The second-order valence-electron chi connectivity index (χ2n) is 17.8. The van der Waals surface area contributed by atoms with E-state index in [2.05, 4.69) is 101 Å². The first kappa shape index (κ1) is 73.5. The number of aliphatic hydroxyl groups excluding tert-OH is 1. The molecule has 0 spiro atoms. The lowest BCUT2D eigenvalue weighted by atomic mass is 10.2. The number of nitrogens with two attached hydrogens (primary N) is 1. The largest absolute Gasteiger partial charge is 0.540 e. The van der Waals surface area contributed by atoms with Crippen LogP contribution in [0.4, 0.5) is 0 Å². The number of halogens is 3. The predicted octanol–water partition coefficient (Wildman–Crippen LogP) is 12.6. The number of hydrogen-bond acceptors (Lipinski definition) is 23. The van der Waals surface area contributed by atoms with Crippen molar-refractivity contribution >= 4 is 70.8 Å². The van der Waals surface area contributed by atoms with Gasteiger partial charge in [-0.15, -0.1) is 34.3 Å². The molecule has 12 aromatic rings. The summed E-state index contributed by atoms with van der Waals surface area (Å²) in [7, 11) is 14.8. The van der Waals surface area contributed by atoms with Crippen LogP contribution < -0.4 is 24.7 Å². The van der Waals surface area contributed by atoms with E-state index in [1.807, 2.05) is 143 Å². The molecule has 0 aliphatic heterocycles. The molecule has 4 N–H and O–H groups in total. The molecule has 0 saturated heterocycles. The maximum atomic E-state index is 11.4. The molecule has 486 valence electrons. The van der Waals surface area contributed by atoms with E-state index in [-0.39, 0.29) is 18.2 Å². The van der Waals surface area contributed by atoms with Gasteiger partial charge in [0, 0.05) is 91.6 Å². The minimum Gasteiger partial charge on any atom is -0.480 e. The molecule has 0 fully saturated rings. The second kappa shape index (κ2) is 40.4. The van der Waals surface area contributed by atoms with Crippen LogP contribution in [0.25, 0.3) is 76.4 Å². The minimum atomic E-state index is -1.67. The molecule has 0 atom stereocenters. The summed E-state index contributed by atoms with van der Waals surface area (Å²) in [5.41, 5.74) is 13.5. The number of nitrogens with zero attached hydrogens (tertiary/aromatic N) is 15. The van der Waals surface area contributed by atoms with Crippen molar-refractivity contribution in [2.45, 2.75) is 25.3 Å². The summed E-state index contributed by atoms with van der Waals surface area (Å²) in [6.07, 6.45) is 16.4. The minimum absolute atomic E-state index is 0.0691. The monoisotopic (exact) mass is 1390 g/mol. The Morgan fingerprint density at radius 2 is 0.989 bits per heavy atom. The number of aromatic nitrogens is 14. The van der Waals surface area contributed by atoms with E-state index >= 15 is 0 Å². The summed E-state index contributed by atoms with van der Waals surface area (Å²) in [5.74, 6) is 2.90. The van der Waals surface area contributed by atoms with Gasteiger partial charge in [-0.2, -0.15) is 5.73 Å². The van der Waals surface area contributed by atoms with E-state index in [1.165, 1.54) is 27.5 Å². The molecule has 0 bridgehead atoms. The van der Waals surface area contributed by atoms with Crippen LogP contribution in [0.2, 0.25) is 0 Å². The number of rotatable bonds is 15. The maximum absolute atomic E-state index is 11.4. The lowest BCUT2D eigenvalue weighted by Crippen LogP contribution is -2.08. The number of alkyl halides is 1. The number of aliphatic hydroxyl groups is 1. The standard InChI is InChI=1S/C18H15N5OS.C13H12N2O3.C12H11ClN2O.C12H12N2O2.C6H5N3S.C3H3N3.Cl2OS/c1-24-17-15(21-11-14(22-17)13-5-3-2-4-6-13)12-23-9-7-19-16(23)18-20-8-10-25-18;1-17-12-11(13(16)18-2)14-8-10(15-12)9-6-4-3-5-7-9;1-16-12-10(7-13)14-8-11(15-12)9-5-3-2-4-6-9;1-16-12-11(8-15)13-7-10(14-12)9-5-3-2-4-6-9;1-2-8-5(7-1)6-9-3-4-10-6;1-5-3(4)6-2;1-4(2)3/h2-11H,12H2,1H3;3-8H,1-2H3;2-6,8H,7H2,1H3;2-7,15H,8H2,1H3;1-4H,(H,7,8);3H,4H2;. The Morgan fingerprint density at radius 1 is 0.579 bits per heavy atom. The first-order valence-electron chi connectivity index (χ1n) is 27.4. The highest BCUT2D eigenvalue weighted by Crippen LogP contribution is 2.27. The number of imidazole rings is 2. The van der Waals surface area contributed by atoms with Crippen LogP contribution in [0, 0.1) is 13.1 Å². The van der Waals surface area contributed by atoms with E-state index in [4.69, 9.17) is 58.7 Å². The number of esters is 1. The van der Waals surface area contributed by atoms with E-state index in [1.54, 1.807) is 86.5 Å². The number of aromatic amines is 1. The molecular weight excluding hydrogens is 1340 g/mol. The number of thiazole rings is 2. The van der Waals surface area contributed by atoms with Crippen molar-refractivity contribution in [3.63, 3.8) is 0 Å². The zero-order valence-corrected chi connectivity index (χ0v) is 55.8. The number of hydrogen-bond donors (Lipinski definition) is 3. The quantitative estimate of drug-likeness (QED) is 0.0372. The summed E-state index contributed by atoms with van der Waals surface area (Å²) in [5, 5.41) is 14.7. The highest BCUT2D eigenvalue weighted by atomic mass is 36.0. The number of ether oxygens (including phenoxy) is 5. The lowest BCUT2D eigenvalue weighted by molar-refractivity contribution is 0.0589. The Balaban J connectivity index is 0.000000185. The molecule has 95 heavy (non-hydrogen) atoms. The zero-order chi connectivity index (χ0) is 68.2. The summed E-state index contributed by atoms with van der Waals surface area (Å²) < 4.78 is 36.4. The number of carbonyl (C=O) groups excluding carboxylic acids is 1. The van der Waals surface area contributed by atoms with Crippen LogP contribution in [0.1, 0.15) is 27.6 Å². The fraction of sp³-hybridized carbons (Fsp3) is 0.141. The van der Waals surface area contributed by atoms with Crippen molar-refractivity contribution in [1.29, 1.82) is 0 Å². The average molecular weight is 1400 g/mol. The molecule has 8 heterocycles. The molecule has 31 heteroatoms. The van der Waals surface area contributed by atoms with Gasteiger partial charge in [0.25, 0.3) is 0 Å². The van der Waals surface area contributed by atoms with Crippen LogP contribution in [0.5, 0.6) is 23.5 Å². The smallest absolute Gasteiger partial charge is 0.480 e. The van der Waals surface area contributed by atoms with Crippen molar-refractivity contribution in [1.82, 2.24) is 69.4 Å². The highest BCUT2D eigenvalue weighted by molar-refractivity contribution is 8.26. The molecule has 4 aromatic carbocycles. The number of nitrogens with one attached hydrogen (secondary N) is 1.